The van der Waals surface area contributed by atoms with Crippen LogP contribution in [0.2, 0.25) is 0 Å². The molecule has 2 heterocycles. The fraction of sp³-hybridized carbons (Fsp3) is 0.300. The van der Waals surface area contributed by atoms with Gasteiger partial charge in [-0.1, -0.05) is 18.2 Å². The van der Waals surface area contributed by atoms with Gasteiger partial charge in [-0.3, -0.25) is 4.79 Å². The minimum Gasteiger partial charge on any atom is -0.462 e. The Morgan fingerprint density at radius 3 is 2.76 bits per heavy atom. The summed E-state index contributed by atoms with van der Waals surface area (Å²) in [4.78, 5) is 27.6. The smallest absolute Gasteiger partial charge is 0.343 e. The van der Waals surface area contributed by atoms with Crippen LogP contribution in [0.25, 0.3) is 10.9 Å². The van der Waals surface area contributed by atoms with E-state index in [4.69, 9.17) is 4.74 Å². The second-order valence-corrected chi connectivity index (χ2v) is 6.09. The number of fused-ring (bicyclic) bond motifs is 1. The van der Waals surface area contributed by atoms with Crippen molar-refractivity contribution in [2.24, 2.45) is 0 Å². The first-order valence-corrected chi connectivity index (χ1v) is 8.46. The number of para-hydroxylation sites is 1. The van der Waals surface area contributed by atoms with E-state index in [1.807, 2.05) is 35.9 Å². The van der Waals surface area contributed by atoms with Crippen molar-refractivity contribution < 1.29 is 9.53 Å². The summed E-state index contributed by atoms with van der Waals surface area (Å²) in [6, 6.07) is 9.68. The van der Waals surface area contributed by atoms with Gasteiger partial charge in [-0.15, -0.1) is 0 Å². The number of H-pyrrole nitrogens is 1. The minimum absolute atomic E-state index is 0.131. The minimum atomic E-state index is -0.550. The standard InChI is InChI=1S/C20H22N2O3/c1-4-25-20(24)19-14(3)22(13(2)11-18(19)23)10-9-15-12-21-17-8-6-5-7-16(15)17/h5-8,11-12,21H,4,9-10H2,1-3H3. The zero-order chi connectivity index (χ0) is 18.0. The maximum atomic E-state index is 12.2. The van der Waals surface area contributed by atoms with Crippen LogP contribution in [0.5, 0.6) is 0 Å². The maximum absolute atomic E-state index is 12.2. The zero-order valence-electron chi connectivity index (χ0n) is 14.8. The first-order valence-electron chi connectivity index (χ1n) is 8.46. The number of nitrogens with zero attached hydrogens (tertiary/aromatic N) is 1. The van der Waals surface area contributed by atoms with Gasteiger partial charge < -0.3 is 14.3 Å². The number of benzene rings is 1. The van der Waals surface area contributed by atoms with Crippen LogP contribution in [-0.2, 0) is 17.7 Å². The summed E-state index contributed by atoms with van der Waals surface area (Å²) in [5.41, 5.74) is 3.67. The monoisotopic (exact) mass is 338 g/mol. The molecule has 0 fully saturated rings. The number of aryl methyl sites for hydroxylation is 2. The summed E-state index contributed by atoms with van der Waals surface area (Å²) >= 11 is 0. The molecule has 5 heteroatoms. The molecule has 3 rings (SSSR count). The topological polar surface area (TPSA) is 64.1 Å². The van der Waals surface area contributed by atoms with E-state index in [0.29, 0.717) is 12.2 Å². The van der Waals surface area contributed by atoms with Crippen molar-refractivity contribution in [3.63, 3.8) is 0 Å². The number of ether oxygens (including phenoxy) is 1. The first kappa shape index (κ1) is 17.0. The summed E-state index contributed by atoms with van der Waals surface area (Å²) in [6.07, 6.45) is 2.82. The normalized spacial score (nSPS) is 11.0. The summed E-state index contributed by atoms with van der Waals surface area (Å²) in [6.45, 7) is 6.36. The number of aromatic amines is 1. The highest BCUT2D eigenvalue weighted by Gasteiger charge is 2.18. The number of pyridine rings is 1. The van der Waals surface area contributed by atoms with Gasteiger partial charge in [0.2, 0.25) is 0 Å². The van der Waals surface area contributed by atoms with Gasteiger partial charge in [0.15, 0.2) is 5.43 Å². The van der Waals surface area contributed by atoms with Crippen molar-refractivity contribution in [3.05, 3.63) is 69.3 Å². The molecule has 5 nitrogen and oxygen atoms in total. The van der Waals surface area contributed by atoms with Crippen LogP contribution in [0, 0.1) is 13.8 Å². The largest absolute Gasteiger partial charge is 0.462 e. The molecule has 0 amide bonds. The van der Waals surface area contributed by atoms with Gasteiger partial charge in [0.1, 0.15) is 5.56 Å². The molecule has 1 aromatic carbocycles. The number of aromatic nitrogens is 2. The van der Waals surface area contributed by atoms with Crippen molar-refractivity contribution in [3.8, 4) is 0 Å². The molecule has 0 unspecified atom stereocenters. The fourth-order valence-corrected chi connectivity index (χ4v) is 3.28. The quantitative estimate of drug-likeness (QED) is 0.726. The molecule has 0 aliphatic rings. The summed E-state index contributed by atoms with van der Waals surface area (Å²) in [5.74, 6) is -0.550. The van der Waals surface area contributed by atoms with E-state index in [0.717, 1.165) is 17.6 Å². The molecule has 0 bridgehead atoms. The van der Waals surface area contributed by atoms with E-state index < -0.39 is 5.97 Å². The highest BCUT2D eigenvalue weighted by Crippen LogP contribution is 2.19. The fourth-order valence-electron chi connectivity index (χ4n) is 3.28. The highest BCUT2D eigenvalue weighted by atomic mass is 16.5. The lowest BCUT2D eigenvalue weighted by atomic mass is 10.1. The number of carbonyl (C=O) groups is 1. The number of esters is 1. The SMILES string of the molecule is CCOC(=O)c1c(C)n(CCc2c[nH]c3ccccc23)c(C)cc1=O. The number of carbonyl (C=O) groups excluding carboxylic acids is 1. The van der Waals surface area contributed by atoms with Crippen LogP contribution >= 0.6 is 0 Å². The molecule has 130 valence electrons. The zero-order valence-corrected chi connectivity index (χ0v) is 14.8. The van der Waals surface area contributed by atoms with Gasteiger partial charge in [0, 0.05) is 41.1 Å². The van der Waals surface area contributed by atoms with E-state index in [1.54, 1.807) is 13.8 Å². The molecule has 0 saturated carbocycles. The predicted octanol–water partition coefficient (Wildman–Crippen LogP) is 3.37. The Bertz CT molecular complexity index is 982. The summed E-state index contributed by atoms with van der Waals surface area (Å²) in [5, 5.41) is 1.20. The van der Waals surface area contributed by atoms with Crippen molar-refractivity contribution in [2.45, 2.75) is 33.7 Å². The molecule has 0 radical (unpaired) electrons. The first-order chi connectivity index (χ1) is 12.0. The van der Waals surface area contributed by atoms with Crippen LogP contribution in [0.4, 0.5) is 0 Å². The Hall–Kier alpha value is -2.82. The molecular formula is C20H22N2O3. The molecular weight excluding hydrogens is 316 g/mol. The van der Waals surface area contributed by atoms with Crippen molar-refractivity contribution in [1.82, 2.24) is 9.55 Å². The third-order valence-corrected chi connectivity index (χ3v) is 4.54. The average Bonchev–Trinajstić information content (AvgIpc) is 2.98. The molecule has 3 aromatic rings. The Balaban J connectivity index is 1.93. The Morgan fingerprint density at radius 2 is 2.00 bits per heavy atom. The Morgan fingerprint density at radius 1 is 1.24 bits per heavy atom. The molecule has 2 aromatic heterocycles. The van der Waals surface area contributed by atoms with E-state index in [1.165, 1.54) is 17.0 Å². The van der Waals surface area contributed by atoms with Crippen molar-refractivity contribution in [2.75, 3.05) is 6.61 Å². The van der Waals surface area contributed by atoms with Gasteiger partial charge in [0.05, 0.1) is 6.61 Å². The third kappa shape index (κ3) is 3.22. The van der Waals surface area contributed by atoms with Crippen LogP contribution < -0.4 is 5.43 Å². The molecule has 0 spiro atoms. The number of hydrogen-bond acceptors (Lipinski definition) is 3. The third-order valence-electron chi connectivity index (χ3n) is 4.54. The van der Waals surface area contributed by atoms with Crippen LogP contribution in [0.3, 0.4) is 0 Å². The maximum Gasteiger partial charge on any atom is 0.343 e. The van der Waals surface area contributed by atoms with Crippen LogP contribution in [-0.4, -0.2) is 22.1 Å². The molecule has 1 N–H and O–H groups in total. The highest BCUT2D eigenvalue weighted by molar-refractivity contribution is 5.90. The second-order valence-electron chi connectivity index (χ2n) is 6.09. The second kappa shape index (κ2) is 6.97. The molecule has 0 aliphatic heterocycles. The van der Waals surface area contributed by atoms with E-state index in [9.17, 15) is 9.59 Å². The molecule has 25 heavy (non-hydrogen) atoms. The van der Waals surface area contributed by atoms with Gasteiger partial charge in [-0.2, -0.15) is 0 Å². The Kier molecular flexibility index (Phi) is 4.74. The summed E-state index contributed by atoms with van der Waals surface area (Å²) in [7, 11) is 0. The number of nitrogens with one attached hydrogen (secondary N) is 1. The van der Waals surface area contributed by atoms with Gasteiger partial charge in [-0.25, -0.2) is 4.79 Å². The van der Waals surface area contributed by atoms with E-state index in [-0.39, 0.29) is 17.6 Å². The molecule has 0 aliphatic carbocycles. The van der Waals surface area contributed by atoms with Gasteiger partial charge in [0.25, 0.3) is 0 Å². The molecule has 0 atom stereocenters. The molecule has 0 saturated heterocycles. The lowest BCUT2D eigenvalue weighted by Crippen LogP contribution is -2.25. The van der Waals surface area contributed by atoms with Gasteiger partial charge >= 0.3 is 5.97 Å². The van der Waals surface area contributed by atoms with Crippen LogP contribution in [0.15, 0.2) is 41.3 Å². The van der Waals surface area contributed by atoms with E-state index in [2.05, 4.69) is 11.1 Å². The van der Waals surface area contributed by atoms with Gasteiger partial charge in [-0.05, 0) is 38.8 Å². The van der Waals surface area contributed by atoms with E-state index >= 15 is 0 Å². The lowest BCUT2D eigenvalue weighted by molar-refractivity contribution is 0.0522. The lowest BCUT2D eigenvalue weighted by Gasteiger charge is -2.17. The summed E-state index contributed by atoms with van der Waals surface area (Å²) < 4.78 is 7.04. The van der Waals surface area contributed by atoms with Crippen molar-refractivity contribution in [1.29, 1.82) is 0 Å². The predicted molar refractivity (Wildman–Crippen MR) is 98.1 cm³/mol. The van der Waals surface area contributed by atoms with Crippen molar-refractivity contribution >= 4 is 16.9 Å². The van der Waals surface area contributed by atoms with Crippen LogP contribution in [0.1, 0.15) is 34.2 Å². The Labute approximate surface area is 146 Å². The number of hydrogen-bond donors (Lipinski definition) is 1. The average molecular weight is 338 g/mol. The number of rotatable bonds is 5.